The van der Waals surface area contributed by atoms with Crippen LogP contribution in [0.25, 0.3) is 0 Å². The largest absolute Gasteiger partial charge is 0.366 e. The molecular weight excluding hydrogens is 320 g/mol. The van der Waals surface area contributed by atoms with Gasteiger partial charge < -0.3 is 4.90 Å². The number of hydrogen-bond acceptors (Lipinski definition) is 3. The summed E-state index contributed by atoms with van der Waals surface area (Å²) < 4.78 is 0.753. The SMILES string of the molecule is CC(C)C1CCCN(c2ccc(Br)cc2[N+](=O)[O-])CC1. The van der Waals surface area contributed by atoms with E-state index < -0.39 is 0 Å². The molecule has 0 N–H and O–H groups in total. The molecule has 1 unspecified atom stereocenters. The highest BCUT2D eigenvalue weighted by Crippen LogP contribution is 2.34. The predicted molar refractivity (Wildman–Crippen MR) is 85.2 cm³/mol. The van der Waals surface area contributed by atoms with Gasteiger partial charge in [0.25, 0.3) is 5.69 Å². The molecule has 1 saturated heterocycles. The summed E-state index contributed by atoms with van der Waals surface area (Å²) in [4.78, 5) is 13.1. The van der Waals surface area contributed by atoms with Crippen LogP contribution in [0.3, 0.4) is 0 Å². The van der Waals surface area contributed by atoms with Crippen molar-refractivity contribution in [2.75, 3.05) is 18.0 Å². The Labute approximate surface area is 128 Å². The summed E-state index contributed by atoms with van der Waals surface area (Å²) in [5.74, 6) is 1.42. The molecule has 0 spiro atoms. The number of nitrogens with zero attached hydrogens (tertiary/aromatic N) is 2. The predicted octanol–water partition coefficient (Wildman–Crippen LogP) is 4.62. The Kier molecular flexibility index (Phi) is 5.02. The van der Waals surface area contributed by atoms with Crippen LogP contribution >= 0.6 is 15.9 Å². The number of benzene rings is 1. The van der Waals surface area contributed by atoms with Crippen LogP contribution in [0.2, 0.25) is 0 Å². The van der Waals surface area contributed by atoms with Gasteiger partial charge in [-0.2, -0.15) is 0 Å². The Hall–Kier alpha value is -1.10. The average Bonchev–Trinajstić information content (AvgIpc) is 2.64. The number of anilines is 1. The lowest BCUT2D eigenvalue weighted by Crippen LogP contribution is -2.25. The number of hydrogen-bond donors (Lipinski definition) is 0. The molecule has 5 heteroatoms. The molecule has 1 fully saturated rings. The summed E-state index contributed by atoms with van der Waals surface area (Å²) in [6, 6.07) is 5.34. The van der Waals surface area contributed by atoms with E-state index in [1.165, 1.54) is 6.42 Å². The van der Waals surface area contributed by atoms with Crippen molar-refractivity contribution in [3.05, 3.63) is 32.8 Å². The third-order valence-corrected chi connectivity index (χ3v) is 4.68. The molecular formula is C15H21BrN2O2. The van der Waals surface area contributed by atoms with Crippen molar-refractivity contribution in [1.82, 2.24) is 0 Å². The van der Waals surface area contributed by atoms with Crippen LogP contribution in [0.15, 0.2) is 22.7 Å². The third kappa shape index (κ3) is 3.51. The van der Waals surface area contributed by atoms with Gasteiger partial charge in [0.1, 0.15) is 5.69 Å². The minimum atomic E-state index is -0.287. The first-order valence-electron chi connectivity index (χ1n) is 7.18. The van der Waals surface area contributed by atoms with E-state index in [0.29, 0.717) is 5.92 Å². The molecule has 0 saturated carbocycles. The van der Waals surface area contributed by atoms with E-state index >= 15 is 0 Å². The van der Waals surface area contributed by atoms with Crippen molar-refractivity contribution in [1.29, 1.82) is 0 Å². The van der Waals surface area contributed by atoms with Crippen LogP contribution in [0, 0.1) is 22.0 Å². The second kappa shape index (κ2) is 6.57. The van der Waals surface area contributed by atoms with Gasteiger partial charge in [-0.3, -0.25) is 10.1 Å². The Morgan fingerprint density at radius 2 is 2.10 bits per heavy atom. The summed E-state index contributed by atoms with van der Waals surface area (Å²) in [5, 5.41) is 11.2. The van der Waals surface area contributed by atoms with Crippen LogP contribution in [0.4, 0.5) is 11.4 Å². The molecule has 0 aliphatic carbocycles. The van der Waals surface area contributed by atoms with Crippen LogP contribution in [-0.2, 0) is 0 Å². The minimum Gasteiger partial charge on any atom is -0.366 e. The first-order chi connectivity index (χ1) is 9.49. The van der Waals surface area contributed by atoms with Gasteiger partial charge in [0.05, 0.1) is 4.92 Å². The maximum atomic E-state index is 11.2. The van der Waals surface area contributed by atoms with Crippen LogP contribution < -0.4 is 4.90 Å². The lowest BCUT2D eigenvalue weighted by Gasteiger charge is -2.23. The number of nitro benzene ring substituents is 1. The zero-order valence-corrected chi connectivity index (χ0v) is 13.6. The fourth-order valence-electron chi connectivity index (χ4n) is 2.94. The lowest BCUT2D eigenvalue weighted by atomic mass is 9.89. The zero-order chi connectivity index (χ0) is 14.7. The van der Waals surface area contributed by atoms with Crippen molar-refractivity contribution in [3.8, 4) is 0 Å². The number of halogens is 1. The van der Waals surface area contributed by atoms with Gasteiger partial charge in [-0.1, -0.05) is 29.8 Å². The second-order valence-corrected chi connectivity index (χ2v) is 6.73. The minimum absolute atomic E-state index is 0.197. The topological polar surface area (TPSA) is 46.4 Å². The molecule has 0 amide bonds. The molecule has 0 radical (unpaired) electrons. The number of nitro groups is 1. The Morgan fingerprint density at radius 3 is 2.75 bits per heavy atom. The highest BCUT2D eigenvalue weighted by atomic mass is 79.9. The van der Waals surface area contributed by atoms with Crippen molar-refractivity contribution >= 4 is 27.3 Å². The third-order valence-electron chi connectivity index (χ3n) is 4.19. The Bertz CT molecular complexity index is 491. The first kappa shape index (κ1) is 15.3. The molecule has 1 atom stereocenters. The van der Waals surface area contributed by atoms with E-state index in [4.69, 9.17) is 0 Å². The van der Waals surface area contributed by atoms with Gasteiger partial charge in [-0.25, -0.2) is 0 Å². The van der Waals surface area contributed by atoms with E-state index in [2.05, 4.69) is 34.7 Å². The Balaban J connectivity index is 2.21. The van der Waals surface area contributed by atoms with Gasteiger partial charge in [0.2, 0.25) is 0 Å². The first-order valence-corrected chi connectivity index (χ1v) is 7.97. The Morgan fingerprint density at radius 1 is 1.35 bits per heavy atom. The van der Waals surface area contributed by atoms with Gasteiger partial charge in [-0.05, 0) is 43.2 Å². The van der Waals surface area contributed by atoms with Crippen LogP contribution in [-0.4, -0.2) is 18.0 Å². The van der Waals surface area contributed by atoms with Crippen molar-refractivity contribution in [2.45, 2.75) is 33.1 Å². The monoisotopic (exact) mass is 340 g/mol. The smallest absolute Gasteiger partial charge is 0.293 e. The molecule has 1 aromatic rings. The van der Waals surface area contributed by atoms with Gasteiger partial charge in [0.15, 0.2) is 0 Å². The molecule has 1 aromatic carbocycles. The normalized spacial score (nSPS) is 20.0. The summed E-state index contributed by atoms with van der Waals surface area (Å²) in [6.07, 6.45) is 3.44. The molecule has 20 heavy (non-hydrogen) atoms. The molecule has 1 aliphatic heterocycles. The van der Waals surface area contributed by atoms with E-state index in [-0.39, 0.29) is 10.6 Å². The van der Waals surface area contributed by atoms with E-state index in [9.17, 15) is 10.1 Å². The second-order valence-electron chi connectivity index (χ2n) is 5.81. The van der Waals surface area contributed by atoms with Gasteiger partial charge >= 0.3 is 0 Å². The fraction of sp³-hybridized carbons (Fsp3) is 0.600. The molecule has 1 heterocycles. The van der Waals surface area contributed by atoms with Crippen LogP contribution in [0.1, 0.15) is 33.1 Å². The molecule has 4 nitrogen and oxygen atoms in total. The summed E-state index contributed by atoms with van der Waals surface area (Å²) in [7, 11) is 0. The maximum Gasteiger partial charge on any atom is 0.293 e. The highest BCUT2D eigenvalue weighted by molar-refractivity contribution is 9.10. The fourth-order valence-corrected chi connectivity index (χ4v) is 3.29. The van der Waals surface area contributed by atoms with Crippen molar-refractivity contribution < 1.29 is 4.92 Å². The molecule has 0 bridgehead atoms. The van der Waals surface area contributed by atoms with Crippen molar-refractivity contribution in [3.63, 3.8) is 0 Å². The molecule has 110 valence electrons. The van der Waals surface area contributed by atoms with Crippen LogP contribution in [0.5, 0.6) is 0 Å². The zero-order valence-electron chi connectivity index (χ0n) is 12.0. The standard InChI is InChI=1S/C15H21BrN2O2/c1-11(2)12-4-3-8-17(9-7-12)14-6-5-13(16)10-15(14)18(19)20/h5-6,10-12H,3-4,7-9H2,1-2H3. The summed E-state index contributed by atoms with van der Waals surface area (Å²) >= 11 is 3.31. The maximum absolute atomic E-state index is 11.2. The highest BCUT2D eigenvalue weighted by Gasteiger charge is 2.24. The molecule has 2 rings (SSSR count). The average molecular weight is 341 g/mol. The summed E-state index contributed by atoms with van der Waals surface area (Å²) in [5.41, 5.74) is 0.949. The lowest BCUT2D eigenvalue weighted by molar-refractivity contribution is -0.384. The molecule has 0 aromatic heterocycles. The molecule has 1 aliphatic rings. The van der Waals surface area contributed by atoms with E-state index in [0.717, 1.165) is 42.0 Å². The van der Waals surface area contributed by atoms with Gasteiger partial charge in [0, 0.05) is 23.6 Å². The van der Waals surface area contributed by atoms with Gasteiger partial charge in [-0.15, -0.1) is 0 Å². The van der Waals surface area contributed by atoms with E-state index in [1.807, 2.05) is 12.1 Å². The quantitative estimate of drug-likeness (QED) is 0.595. The number of rotatable bonds is 3. The van der Waals surface area contributed by atoms with Crippen molar-refractivity contribution in [2.24, 2.45) is 11.8 Å². The summed E-state index contributed by atoms with van der Waals surface area (Å²) in [6.45, 7) is 6.35. The van der Waals surface area contributed by atoms with E-state index in [1.54, 1.807) is 6.07 Å².